The van der Waals surface area contributed by atoms with E-state index in [-0.39, 0.29) is 6.42 Å². The molecule has 1 fully saturated rings. The highest BCUT2D eigenvalue weighted by atomic mass is 35.5. The zero-order valence-electron chi connectivity index (χ0n) is 16.0. The largest absolute Gasteiger partial charge is 0.496 e. The number of methoxy groups -OCH3 is 1. The first-order valence-electron chi connectivity index (χ1n) is 9.29. The third-order valence-corrected chi connectivity index (χ3v) is 9.36. The van der Waals surface area contributed by atoms with E-state index >= 15 is 0 Å². The van der Waals surface area contributed by atoms with Crippen molar-refractivity contribution in [3.63, 3.8) is 0 Å². The normalized spacial score (nSPS) is 25.6. The Morgan fingerprint density at radius 3 is 2.60 bits per heavy atom. The maximum atomic E-state index is 13.1. The molecule has 0 amide bonds. The number of carbonyl (C=O) groups is 1. The van der Waals surface area contributed by atoms with E-state index in [4.69, 9.17) is 16.3 Å². The average Bonchev–Trinajstić information content (AvgIpc) is 3.20. The summed E-state index contributed by atoms with van der Waals surface area (Å²) in [6.07, 6.45) is 2.33. The van der Waals surface area contributed by atoms with Gasteiger partial charge < -0.3 is 9.84 Å². The second kappa shape index (κ2) is 7.92. The summed E-state index contributed by atoms with van der Waals surface area (Å²) in [5.41, 5.74) is 0.00867. The van der Waals surface area contributed by atoms with Crippen molar-refractivity contribution in [2.24, 2.45) is 0 Å². The van der Waals surface area contributed by atoms with E-state index in [1.165, 1.54) is 18.9 Å². The highest BCUT2D eigenvalue weighted by Crippen LogP contribution is 2.55. The van der Waals surface area contributed by atoms with Gasteiger partial charge in [-0.3, -0.25) is 4.79 Å². The number of halogens is 1. The minimum Gasteiger partial charge on any atom is -0.496 e. The number of ether oxygens (including phenoxy) is 1. The van der Waals surface area contributed by atoms with E-state index in [0.717, 1.165) is 10.5 Å². The van der Waals surface area contributed by atoms with Crippen molar-refractivity contribution in [1.82, 2.24) is 4.72 Å². The minimum atomic E-state index is -3.90. The molecule has 2 aliphatic rings. The number of aliphatic carboxylic acids is 1. The molecular formula is C21H20ClNO5S2. The molecule has 3 atom stereocenters. The van der Waals surface area contributed by atoms with Crippen LogP contribution in [-0.4, -0.2) is 36.7 Å². The maximum absolute atomic E-state index is 13.1. The Labute approximate surface area is 184 Å². The maximum Gasteiger partial charge on any atom is 0.325 e. The number of benzene rings is 2. The van der Waals surface area contributed by atoms with Crippen molar-refractivity contribution in [2.45, 2.75) is 28.9 Å². The van der Waals surface area contributed by atoms with Crippen LogP contribution in [0.4, 0.5) is 0 Å². The molecular weight excluding hydrogens is 446 g/mol. The fourth-order valence-electron chi connectivity index (χ4n) is 3.74. The predicted octanol–water partition coefficient (Wildman–Crippen LogP) is 4.08. The monoisotopic (exact) mass is 465 g/mol. The second-order valence-corrected chi connectivity index (χ2v) is 11.1. The Balaban J connectivity index is 1.52. The van der Waals surface area contributed by atoms with Gasteiger partial charge in [0.25, 0.3) is 0 Å². The molecule has 1 aliphatic carbocycles. The summed E-state index contributed by atoms with van der Waals surface area (Å²) in [6, 6.07) is 14.3. The number of hydrogen-bond donors (Lipinski definition) is 2. The molecule has 30 heavy (non-hydrogen) atoms. The number of nitrogens with one attached hydrogen (secondary N) is 1. The van der Waals surface area contributed by atoms with E-state index in [2.05, 4.69) is 4.72 Å². The van der Waals surface area contributed by atoms with Gasteiger partial charge in [-0.25, -0.2) is 8.42 Å². The molecule has 158 valence electrons. The van der Waals surface area contributed by atoms with E-state index < -0.39 is 32.0 Å². The summed E-state index contributed by atoms with van der Waals surface area (Å²) in [4.78, 5) is 12.9. The summed E-state index contributed by atoms with van der Waals surface area (Å²) < 4.78 is 33.2. The molecule has 6 nitrogen and oxygen atoms in total. The molecule has 2 aromatic rings. The molecule has 2 aromatic carbocycles. The standard InChI is InChI=1S/C21H20ClNO5S2/c1-28-17-5-3-2-4-15(17)16-12-21(16,20(24)25)23-30(26,27)19-11-10-18(29-19)13-6-8-14(22)9-7-13/h2-10,16,19,23H,11-12H2,1H3,(H,24,25). The highest BCUT2D eigenvalue weighted by molar-refractivity contribution is 8.18. The third kappa shape index (κ3) is 3.85. The lowest BCUT2D eigenvalue weighted by Gasteiger charge is -2.19. The summed E-state index contributed by atoms with van der Waals surface area (Å²) in [5, 5.41) is 10.5. The van der Waals surface area contributed by atoms with Crippen LogP contribution in [0.5, 0.6) is 5.75 Å². The SMILES string of the molecule is COc1ccccc1C1CC1(NS(=O)(=O)C1CC=C(c2ccc(Cl)cc2)S1)C(=O)O. The molecule has 0 saturated heterocycles. The Hall–Kier alpha value is -2.00. The van der Waals surface area contributed by atoms with Gasteiger partial charge in [0.1, 0.15) is 15.9 Å². The van der Waals surface area contributed by atoms with Crippen molar-refractivity contribution >= 4 is 44.3 Å². The predicted molar refractivity (Wildman–Crippen MR) is 118 cm³/mol. The lowest BCUT2D eigenvalue weighted by molar-refractivity contribution is -0.140. The summed E-state index contributed by atoms with van der Waals surface area (Å²) in [5.74, 6) is -1.13. The van der Waals surface area contributed by atoms with Crippen molar-refractivity contribution in [1.29, 1.82) is 0 Å². The van der Waals surface area contributed by atoms with E-state index in [1.807, 2.05) is 18.2 Å². The quantitative estimate of drug-likeness (QED) is 0.640. The van der Waals surface area contributed by atoms with Crippen molar-refractivity contribution in [3.05, 3.63) is 70.8 Å². The van der Waals surface area contributed by atoms with Gasteiger partial charge in [0.2, 0.25) is 10.0 Å². The molecule has 1 heterocycles. The van der Waals surface area contributed by atoms with Crippen LogP contribution in [0.3, 0.4) is 0 Å². The van der Waals surface area contributed by atoms with Crippen molar-refractivity contribution < 1.29 is 23.1 Å². The zero-order valence-corrected chi connectivity index (χ0v) is 18.4. The smallest absolute Gasteiger partial charge is 0.325 e. The van der Waals surface area contributed by atoms with E-state index in [0.29, 0.717) is 22.8 Å². The fourth-order valence-corrected chi connectivity index (χ4v) is 7.07. The third-order valence-electron chi connectivity index (χ3n) is 5.41. The number of allylic oxidation sites excluding steroid dienone is 1. The molecule has 2 N–H and O–H groups in total. The second-order valence-electron chi connectivity index (χ2n) is 7.28. The number of thioether (sulfide) groups is 1. The lowest BCUT2D eigenvalue weighted by atomic mass is 10.1. The Morgan fingerprint density at radius 1 is 1.23 bits per heavy atom. The molecule has 0 radical (unpaired) electrons. The molecule has 0 aromatic heterocycles. The van der Waals surface area contributed by atoms with Gasteiger partial charge in [-0.05, 0) is 42.2 Å². The van der Waals surface area contributed by atoms with Crippen LogP contribution in [0, 0.1) is 0 Å². The van der Waals surface area contributed by atoms with Crippen LogP contribution in [0.1, 0.15) is 29.9 Å². The summed E-state index contributed by atoms with van der Waals surface area (Å²) in [6.45, 7) is 0. The Kier molecular flexibility index (Phi) is 5.61. The minimum absolute atomic E-state index is 0.177. The number of para-hydroxylation sites is 1. The zero-order chi connectivity index (χ0) is 21.5. The summed E-state index contributed by atoms with van der Waals surface area (Å²) in [7, 11) is -2.39. The van der Waals surface area contributed by atoms with Crippen LogP contribution in [0.25, 0.3) is 4.91 Å². The van der Waals surface area contributed by atoms with E-state index in [1.54, 1.807) is 36.4 Å². The molecule has 0 bridgehead atoms. The number of rotatable bonds is 7. The molecule has 9 heteroatoms. The molecule has 0 spiro atoms. The number of sulfonamides is 1. The van der Waals surface area contributed by atoms with Gasteiger partial charge in [-0.15, -0.1) is 11.8 Å². The van der Waals surface area contributed by atoms with Gasteiger partial charge >= 0.3 is 5.97 Å². The van der Waals surface area contributed by atoms with Crippen LogP contribution >= 0.6 is 23.4 Å². The van der Waals surface area contributed by atoms with Crippen LogP contribution in [0.2, 0.25) is 5.02 Å². The highest BCUT2D eigenvalue weighted by Gasteiger charge is 2.64. The van der Waals surface area contributed by atoms with Gasteiger partial charge in [0, 0.05) is 15.8 Å². The molecule has 1 aliphatic heterocycles. The van der Waals surface area contributed by atoms with Crippen molar-refractivity contribution in [2.75, 3.05) is 7.11 Å². The summed E-state index contributed by atoms with van der Waals surface area (Å²) >= 11 is 7.13. The average molecular weight is 466 g/mol. The van der Waals surface area contributed by atoms with E-state index in [9.17, 15) is 18.3 Å². The van der Waals surface area contributed by atoms with Crippen LogP contribution in [-0.2, 0) is 14.8 Å². The van der Waals surface area contributed by atoms with Gasteiger partial charge in [0.05, 0.1) is 7.11 Å². The lowest BCUT2D eigenvalue weighted by Crippen LogP contribution is -2.47. The Morgan fingerprint density at radius 2 is 1.93 bits per heavy atom. The van der Waals surface area contributed by atoms with Gasteiger partial charge in [-0.2, -0.15) is 4.72 Å². The van der Waals surface area contributed by atoms with Crippen molar-refractivity contribution in [3.8, 4) is 5.75 Å². The first kappa shape index (κ1) is 21.2. The molecule has 3 unspecified atom stereocenters. The van der Waals surface area contributed by atoms with Gasteiger partial charge in [0.15, 0.2) is 0 Å². The molecule has 4 rings (SSSR count). The molecule has 1 saturated carbocycles. The number of carboxylic acids is 1. The van der Waals surface area contributed by atoms with Crippen LogP contribution < -0.4 is 9.46 Å². The first-order chi connectivity index (χ1) is 14.3. The Bertz CT molecular complexity index is 1120. The number of carboxylic acid groups (broad SMARTS) is 1. The fraction of sp³-hybridized carbons (Fsp3) is 0.286. The van der Waals surface area contributed by atoms with Crippen LogP contribution in [0.15, 0.2) is 54.6 Å². The topological polar surface area (TPSA) is 92.7 Å². The first-order valence-corrected chi connectivity index (χ1v) is 12.1. The number of hydrogen-bond acceptors (Lipinski definition) is 5. The van der Waals surface area contributed by atoms with Gasteiger partial charge in [-0.1, -0.05) is 48.0 Å².